The highest BCUT2D eigenvalue weighted by Crippen LogP contribution is 2.36. The highest BCUT2D eigenvalue weighted by Gasteiger charge is 2.52. The number of nitrogens with zero attached hydrogens (tertiary/aromatic N) is 3. The van der Waals surface area contributed by atoms with Crippen molar-refractivity contribution >= 4 is 18.7 Å². The van der Waals surface area contributed by atoms with Crippen LogP contribution in [0.1, 0.15) is 47.0 Å². The number of rotatable bonds is 2. The Morgan fingerprint density at radius 3 is 2.29 bits per heavy atom. The van der Waals surface area contributed by atoms with Crippen LogP contribution in [-0.4, -0.2) is 41.4 Å². The summed E-state index contributed by atoms with van der Waals surface area (Å²) in [7, 11) is -0.415. The molecule has 0 bridgehead atoms. The summed E-state index contributed by atoms with van der Waals surface area (Å²) >= 11 is 0. The Hall–Kier alpha value is -1.14. The summed E-state index contributed by atoms with van der Waals surface area (Å²) in [5, 5.41) is 0. The minimum atomic E-state index is -0.415. The number of hydrogen-bond acceptors (Lipinski definition) is 5. The molecular weight excluding hydrogens is 265 g/mol. The normalized spacial score (nSPS) is 24.4. The Morgan fingerprint density at radius 2 is 1.67 bits per heavy atom. The molecule has 3 rings (SSSR count). The van der Waals surface area contributed by atoms with Gasteiger partial charge in [0.25, 0.3) is 0 Å². The Morgan fingerprint density at radius 1 is 1.05 bits per heavy atom. The Kier molecular flexibility index (Phi) is 3.70. The molecule has 2 saturated heterocycles. The third kappa shape index (κ3) is 2.79. The van der Waals surface area contributed by atoms with Gasteiger partial charge in [0.15, 0.2) is 0 Å². The summed E-state index contributed by atoms with van der Waals surface area (Å²) in [6.07, 6.45) is 5.53. The van der Waals surface area contributed by atoms with Crippen LogP contribution in [0.5, 0.6) is 0 Å². The van der Waals surface area contributed by atoms with Gasteiger partial charge in [0, 0.05) is 19.3 Å². The van der Waals surface area contributed by atoms with Crippen molar-refractivity contribution in [2.45, 2.75) is 58.2 Å². The van der Waals surface area contributed by atoms with Gasteiger partial charge in [-0.15, -0.1) is 0 Å². The van der Waals surface area contributed by atoms with Crippen LogP contribution < -0.4 is 10.5 Å². The molecule has 6 heteroatoms. The van der Waals surface area contributed by atoms with Crippen molar-refractivity contribution in [3.05, 3.63) is 12.3 Å². The maximum absolute atomic E-state index is 6.06. The van der Waals surface area contributed by atoms with E-state index in [1.54, 1.807) is 6.20 Å². The van der Waals surface area contributed by atoms with E-state index in [1.165, 1.54) is 19.3 Å². The Bertz CT molecular complexity index is 499. The van der Waals surface area contributed by atoms with Crippen LogP contribution in [0.3, 0.4) is 0 Å². The monoisotopic (exact) mass is 289 g/mol. The van der Waals surface area contributed by atoms with E-state index in [2.05, 4.69) is 42.6 Å². The van der Waals surface area contributed by atoms with E-state index < -0.39 is 7.12 Å². The van der Waals surface area contributed by atoms with Gasteiger partial charge in [0.1, 0.15) is 0 Å². The van der Waals surface area contributed by atoms with Gasteiger partial charge in [-0.25, -0.2) is 9.97 Å². The molecule has 114 valence electrons. The molecule has 1 aromatic heterocycles. The topological polar surface area (TPSA) is 47.5 Å². The molecule has 5 nitrogen and oxygen atoms in total. The number of aromatic nitrogens is 2. The molecule has 21 heavy (non-hydrogen) atoms. The quantitative estimate of drug-likeness (QED) is 0.776. The van der Waals surface area contributed by atoms with Crippen molar-refractivity contribution in [2.24, 2.45) is 0 Å². The maximum atomic E-state index is 6.06. The molecule has 2 aliphatic rings. The van der Waals surface area contributed by atoms with Gasteiger partial charge in [0.2, 0.25) is 5.95 Å². The van der Waals surface area contributed by atoms with Gasteiger partial charge < -0.3 is 14.2 Å². The van der Waals surface area contributed by atoms with E-state index >= 15 is 0 Å². The van der Waals surface area contributed by atoms with Crippen LogP contribution in [-0.2, 0) is 9.31 Å². The molecule has 0 amide bonds. The minimum absolute atomic E-state index is 0.339. The van der Waals surface area contributed by atoms with E-state index in [0.29, 0.717) is 0 Å². The number of hydrogen-bond donors (Lipinski definition) is 0. The van der Waals surface area contributed by atoms with E-state index in [4.69, 9.17) is 9.31 Å². The van der Waals surface area contributed by atoms with Crippen LogP contribution in [0.2, 0.25) is 0 Å². The molecule has 2 fully saturated rings. The SMILES string of the molecule is CC1(C)OB(c2ccnc(N3CCCCC3)n2)OC1(C)C. The zero-order valence-electron chi connectivity index (χ0n) is 13.4. The molecule has 3 heterocycles. The average molecular weight is 289 g/mol. The van der Waals surface area contributed by atoms with Gasteiger partial charge >= 0.3 is 7.12 Å². The van der Waals surface area contributed by atoms with E-state index in [0.717, 1.165) is 24.6 Å². The number of anilines is 1. The van der Waals surface area contributed by atoms with Crippen molar-refractivity contribution in [1.82, 2.24) is 9.97 Å². The summed E-state index contributed by atoms with van der Waals surface area (Å²) in [5.74, 6) is 0.793. The molecule has 0 aromatic carbocycles. The van der Waals surface area contributed by atoms with Crippen molar-refractivity contribution in [3.8, 4) is 0 Å². The third-order valence-corrected chi connectivity index (χ3v) is 4.80. The zero-order valence-corrected chi connectivity index (χ0v) is 13.4. The first-order chi connectivity index (χ1) is 9.89. The average Bonchev–Trinajstić information content (AvgIpc) is 2.69. The van der Waals surface area contributed by atoms with Gasteiger partial charge in [0.05, 0.1) is 16.8 Å². The van der Waals surface area contributed by atoms with Gasteiger partial charge in [-0.3, -0.25) is 0 Å². The summed E-state index contributed by atoms with van der Waals surface area (Å²) in [6.45, 7) is 10.3. The summed E-state index contributed by atoms with van der Waals surface area (Å²) in [5.41, 5.74) is 0.131. The number of piperidine rings is 1. The van der Waals surface area contributed by atoms with Gasteiger partial charge in [-0.1, -0.05) is 0 Å². The van der Waals surface area contributed by atoms with E-state index in [9.17, 15) is 0 Å². The predicted octanol–water partition coefficient (Wildman–Crippen LogP) is 1.77. The lowest BCUT2D eigenvalue weighted by Gasteiger charge is -2.32. The van der Waals surface area contributed by atoms with E-state index in [1.807, 2.05) is 6.07 Å². The molecule has 0 aliphatic carbocycles. The van der Waals surface area contributed by atoms with Crippen molar-refractivity contribution < 1.29 is 9.31 Å². The van der Waals surface area contributed by atoms with Crippen molar-refractivity contribution in [2.75, 3.05) is 18.0 Å². The van der Waals surface area contributed by atoms with Crippen molar-refractivity contribution in [3.63, 3.8) is 0 Å². The molecule has 0 saturated carbocycles. The van der Waals surface area contributed by atoms with Crippen LogP contribution in [0.4, 0.5) is 5.95 Å². The van der Waals surface area contributed by atoms with E-state index in [-0.39, 0.29) is 11.2 Å². The zero-order chi connectivity index (χ0) is 15.1. The molecule has 1 aromatic rings. The fourth-order valence-electron chi connectivity index (χ4n) is 2.70. The molecule has 0 spiro atoms. The lowest BCUT2D eigenvalue weighted by molar-refractivity contribution is 0.00578. The van der Waals surface area contributed by atoms with Crippen LogP contribution in [0.15, 0.2) is 12.3 Å². The molecular formula is C15H24BN3O2. The second-order valence-electron chi connectivity index (χ2n) is 6.92. The minimum Gasteiger partial charge on any atom is -0.398 e. The van der Waals surface area contributed by atoms with Crippen LogP contribution >= 0.6 is 0 Å². The summed E-state index contributed by atoms with van der Waals surface area (Å²) in [6, 6.07) is 1.88. The largest absolute Gasteiger partial charge is 0.514 e. The second kappa shape index (κ2) is 5.25. The Labute approximate surface area is 127 Å². The first-order valence-electron chi connectivity index (χ1n) is 7.83. The summed E-state index contributed by atoms with van der Waals surface area (Å²) in [4.78, 5) is 11.3. The lowest BCUT2D eigenvalue weighted by Crippen LogP contribution is -2.41. The summed E-state index contributed by atoms with van der Waals surface area (Å²) < 4.78 is 12.1. The van der Waals surface area contributed by atoms with Crippen molar-refractivity contribution in [1.29, 1.82) is 0 Å². The molecule has 0 atom stereocenters. The fraction of sp³-hybridized carbons (Fsp3) is 0.733. The second-order valence-corrected chi connectivity index (χ2v) is 6.92. The first-order valence-corrected chi connectivity index (χ1v) is 7.83. The van der Waals surface area contributed by atoms with Crippen LogP contribution in [0, 0.1) is 0 Å². The molecule has 0 radical (unpaired) electrons. The Balaban J connectivity index is 1.81. The van der Waals surface area contributed by atoms with Gasteiger partial charge in [-0.05, 0) is 53.0 Å². The first kappa shape index (κ1) is 14.8. The fourth-order valence-corrected chi connectivity index (χ4v) is 2.70. The molecule has 2 aliphatic heterocycles. The smallest absolute Gasteiger partial charge is 0.398 e. The van der Waals surface area contributed by atoms with Gasteiger partial charge in [-0.2, -0.15) is 0 Å². The highest BCUT2D eigenvalue weighted by molar-refractivity contribution is 6.61. The highest BCUT2D eigenvalue weighted by atomic mass is 16.7. The van der Waals surface area contributed by atoms with Crippen LogP contribution in [0.25, 0.3) is 0 Å². The standard InChI is InChI=1S/C15H24BN3O2/c1-14(2)15(3,4)21-16(20-14)12-8-9-17-13(18-12)19-10-6-5-7-11-19/h8-9H,5-7,10-11H2,1-4H3. The molecule has 0 N–H and O–H groups in total. The third-order valence-electron chi connectivity index (χ3n) is 4.80. The maximum Gasteiger partial charge on any atom is 0.514 e. The predicted molar refractivity (Wildman–Crippen MR) is 83.8 cm³/mol. The molecule has 0 unspecified atom stereocenters. The lowest BCUT2D eigenvalue weighted by atomic mass is 9.84.